The average molecular weight is 350 g/mol. The van der Waals surface area contributed by atoms with Gasteiger partial charge in [0.15, 0.2) is 5.82 Å². The largest absolute Gasteiger partial charge is 0.381 e. The van der Waals surface area contributed by atoms with Crippen molar-refractivity contribution in [2.45, 2.75) is 25.4 Å². The Morgan fingerprint density at radius 1 is 1.12 bits per heavy atom. The Morgan fingerprint density at radius 3 is 2.62 bits per heavy atom. The van der Waals surface area contributed by atoms with E-state index in [1.807, 2.05) is 30.3 Å². The fourth-order valence-electron chi connectivity index (χ4n) is 3.24. The molecule has 26 heavy (non-hydrogen) atoms. The SMILES string of the molecule is COC1CCN(c2ccc(-c3nc(Cc4ccccc4)no3)cn2)CC1. The first-order valence-electron chi connectivity index (χ1n) is 8.92. The van der Waals surface area contributed by atoms with Gasteiger partial charge in [-0.2, -0.15) is 4.98 Å². The zero-order chi connectivity index (χ0) is 17.8. The fraction of sp³-hybridized carbons (Fsp3) is 0.350. The lowest BCUT2D eigenvalue weighted by Gasteiger charge is -2.32. The highest BCUT2D eigenvalue weighted by atomic mass is 16.5. The van der Waals surface area contributed by atoms with E-state index in [2.05, 4.69) is 32.2 Å². The van der Waals surface area contributed by atoms with E-state index >= 15 is 0 Å². The molecule has 6 nitrogen and oxygen atoms in total. The molecule has 1 fully saturated rings. The average Bonchev–Trinajstić information content (AvgIpc) is 3.17. The minimum absolute atomic E-state index is 0.368. The second kappa shape index (κ2) is 7.66. The minimum Gasteiger partial charge on any atom is -0.381 e. The van der Waals surface area contributed by atoms with Crippen LogP contribution in [0.2, 0.25) is 0 Å². The van der Waals surface area contributed by atoms with Crippen LogP contribution in [0.1, 0.15) is 24.2 Å². The summed E-state index contributed by atoms with van der Waals surface area (Å²) in [6.45, 7) is 1.93. The summed E-state index contributed by atoms with van der Waals surface area (Å²) < 4.78 is 10.8. The van der Waals surface area contributed by atoms with Crippen molar-refractivity contribution in [3.63, 3.8) is 0 Å². The van der Waals surface area contributed by atoms with Crippen LogP contribution in [0.25, 0.3) is 11.5 Å². The van der Waals surface area contributed by atoms with Crippen molar-refractivity contribution in [3.05, 3.63) is 60.0 Å². The van der Waals surface area contributed by atoms with Crippen molar-refractivity contribution in [2.24, 2.45) is 0 Å². The van der Waals surface area contributed by atoms with E-state index < -0.39 is 0 Å². The molecule has 0 radical (unpaired) electrons. The number of hydrogen-bond acceptors (Lipinski definition) is 6. The molecule has 6 heteroatoms. The maximum Gasteiger partial charge on any atom is 0.259 e. The number of aromatic nitrogens is 3. The molecule has 1 aliphatic heterocycles. The summed E-state index contributed by atoms with van der Waals surface area (Å²) >= 11 is 0. The lowest BCUT2D eigenvalue weighted by atomic mass is 10.1. The normalized spacial score (nSPS) is 15.3. The van der Waals surface area contributed by atoms with Crippen LogP contribution in [0.5, 0.6) is 0 Å². The summed E-state index contributed by atoms with van der Waals surface area (Å²) in [5.74, 6) is 2.16. The number of anilines is 1. The summed E-state index contributed by atoms with van der Waals surface area (Å²) in [7, 11) is 1.78. The molecule has 3 heterocycles. The van der Waals surface area contributed by atoms with Crippen LogP contribution in [-0.4, -0.2) is 41.4 Å². The first-order chi connectivity index (χ1) is 12.8. The third-order valence-electron chi connectivity index (χ3n) is 4.77. The predicted molar refractivity (Wildman–Crippen MR) is 99.0 cm³/mol. The van der Waals surface area contributed by atoms with Crippen molar-refractivity contribution in [1.82, 2.24) is 15.1 Å². The molecule has 0 spiro atoms. The van der Waals surface area contributed by atoms with Gasteiger partial charge in [-0.15, -0.1) is 0 Å². The van der Waals surface area contributed by atoms with E-state index in [9.17, 15) is 0 Å². The van der Waals surface area contributed by atoms with Gasteiger partial charge in [0.1, 0.15) is 5.82 Å². The Balaban J connectivity index is 1.43. The molecule has 1 aromatic carbocycles. The molecular weight excluding hydrogens is 328 g/mol. The number of pyridine rings is 1. The quantitative estimate of drug-likeness (QED) is 0.703. The van der Waals surface area contributed by atoms with Gasteiger partial charge in [-0.25, -0.2) is 4.98 Å². The molecule has 0 aliphatic carbocycles. The van der Waals surface area contributed by atoms with Crippen LogP contribution in [0.4, 0.5) is 5.82 Å². The van der Waals surface area contributed by atoms with Gasteiger partial charge in [0.25, 0.3) is 5.89 Å². The molecule has 0 N–H and O–H groups in total. The van der Waals surface area contributed by atoms with E-state index in [1.54, 1.807) is 13.3 Å². The molecule has 1 saturated heterocycles. The molecular formula is C20H22N4O2. The molecule has 134 valence electrons. The third-order valence-corrected chi connectivity index (χ3v) is 4.77. The highest BCUT2D eigenvalue weighted by Crippen LogP contribution is 2.23. The van der Waals surface area contributed by atoms with E-state index in [1.165, 1.54) is 0 Å². The number of nitrogens with zero attached hydrogens (tertiary/aromatic N) is 4. The van der Waals surface area contributed by atoms with E-state index in [0.29, 0.717) is 24.2 Å². The fourth-order valence-corrected chi connectivity index (χ4v) is 3.24. The lowest BCUT2D eigenvalue weighted by molar-refractivity contribution is 0.0818. The maximum absolute atomic E-state index is 5.42. The second-order valence-electron chi connectivity index (χ2n) is 6.51. The number of benzene rings is 1. The van der Waals surface area contributed by atoms with Crippen LogP contribution in [0.3, 0.4) is 0 Å². The first-order valence-corrected chi connectivity index (χ1v) is 8.92. The summed E-state index contributed by atoms with van der Waals surface area (Å²) in [6, 6.07) is 14.1. The molecule has 0 saturated carbocycles. The highest BCUT2D eigenvalue weighted by molar-refractivity contribution is 5.54. The van der Waals surface area contributed by atoms with Crippen LogP contribution in [0, 0.1) is 0 Å². The van der Waals surface area contributed by atoms with Crippen molar-refractivity contribution in [2.75, 3.05) is 25.1 Å². The zero-order valence-corrected chi connectivity index (χ0v) is 14.8. The van der Waals surface area contributed by atoms with Gasteiger partial charge in [0.2, 0.25) is 0 Å². The summed E-state index contributed by atoms with van der Waals surface area (Å²) in [5.41, 5.74) is 2.00. The minimum atomic E-state index is 0.368. The Bertz CT molecular complexity index is 825. The van der Waals surface area contributed by atoms with E-state index in [-0.39, 0.29) is 0 Å². The van der Waals surface area contributed by atoms with E-state index in [4.69, 9.17) is 9.26 Å². The highest BCUT2D eigenvalue weighted by Gasteiger charge is 2.20. The lowest BCUT2D eigenvalue weighted by Crippen LogP contribution is -2.37. The molecule has 3 aromatic rings. The van der Waals surface area contributed by atoms with Crippen LogP contribution in [0.15, 0.2) is 53.2 Å². The number of methoxy groups -OCH3 is 1. The maximum atomic E-state index is 5.42. The Hall–Kier alpha value is -2.73. The van der Waals surface area contributed by atoms with Gasteiger partial charge in [-0.05, 0) is 30.5 Å². The summed E-state index contributed by atoms with van der Waals surface area (Å²) in [5, 5.41) is 4.08. The second-order valence-corrected chi connectivity index (χ2v) is 6.51. The summed E-state index contributed by atoms with van der Waals surface area (Å²) in [4.78, 5) is 11.4. The van der Waals surface area contributed by atoms with Crippen molar-refractivity contribution in [1.29, 1.82) is 0 Å². The smallest absolute Gasteiger partial charge is 0.259 e. The topological polar surface area (TPSA) is 64.3 Å². The van der Waals surface area contributed by atoms with Gasteiger partial charge in [-0.3, -0.25) is 0 Å². The third kappa shape index (κ3) is 3.75. The van der Waals surface area contributed by atoms with Gasteiger partial charge in [0, 0.05) is 32.8 Å². The van der Waals surface area contributed by atoms with Crippen molar-refractivity contribution in [3.8, 4) is 11.5 Å². The predicted octanol–water partition coefficient (Wildman–Crippen LogP) is 3.34. The molecule has 0 amide bonds. The zero-order valence-electron chi connectivity index (χ0n) is 14.8. The number of hydrogen-bond donors (Lipinski definition) is 0. The number of ether oxygens (including phenoxy) is 1. The Morgan fingerprint density at radius 2 is 1.92 bits per heavy atom. The molecule has 0 unspecified atom stereocenters. The standard InChI is InChI=1S/C20H22N4O2/c1-25-17-9-11-24(12-10-17)19-8-7-16(14-21-19)20-22-18(23-26-20)13-15-5-3-2-4-6-15/h2-8,14,17H,9-13H2,1H3. The Kier molecular flexibility index (Phi) is 4.93. The molecule has 0 atom stereocenters. The monoisotopic (exact) mass is 350 g/mol. The van der Waals surface area contributed by atoms with Crippen LogP contribution >= 0.6 is 0 Å². The number of rotatable bonds is 5. The Labute approximate surface area is 152 Å². The number of piperidine rings is 1. The summed E-state index contributed by atoms with van der Waals surface area (Å²) in [6.07, 6.45) is 4.90. The van der Waals surface area contributed by atoms with E-state index in [0.717, 1.165) is 42.9 Å². The van der Waals surface area contributed by atoms with Crippen LogP contribution in [-0.2, 0) is 11.2 Å². The molecule has 4 rings (SSSR count). The molecule has 0 bridgehead atoms. The first kappa shape index (κ1) is 16.7. The van der Waals surface area contributed by atoms with Crippen molar-refractivity contribution >= 4 is 5.82 Å². The van der Waals surface area contributed by atoms with Gasteiger partial charge < -0.3 is 14.2 Å². The van der Waals surface area contributed by atoms with Crippen molar-refractivity contribution < 1.29 is 9.26 Å². The molecule has 2 aromatic heterocycles. The van der Waals surface area contributed by atoms with Crippen LogP contribution < -0.4 is 4.90 Å². The van der Waals surface area contributed by atoms with Gasteiger partial charge in [-0.1, -0.05) is 35.5 Å². The molecule has 1 aliphatic rings. The van der Waals surface area contributed by atoms with Gasteiger partial charge >= 0.3 is 0 Å². The van der Waals surface area contributed by atoms with Gasteiger partial charge in [0.05, 0.1) is 11.7 Å².